The monoisotopic (exact) mass is 433 g/mol. The maximum Gasteiger partial charge on any atom is 0.416 e. The molecule has 3 aromatic rings. The Kier molecular flexibility index (Phi) is 6.68. The second-order valence-corrected chi connectivity index (χ2v) is 6.87. The maximum atomic E-state index is 13.1. The van der Waals surface area contributed by atoms with Crippen LogP contribution in [-0.2, 0) is 25.2 Å². The highest BCUT2D eigenvalue weighted by Gasteiger charge is 2.41. The average Bonchev–Trinajstić information content (AvgIpc) is 3.15. The van der Waals surface area contributed by atoms with Crippen molar-refractivity contribution in [3.63, 3.8) is 0 Å². The molecule has 0 aliphatic rings. The molecule has 1 aromatic heterocycles. The van der Waals surface area contributed by atoms with E-state index in [1.54, 1.807) is 26.1 Å². The Morgan fingerprint density at radius 1 is 0.935 bits per heavy atom. The fraction of sp³-hybridized carbons (Fsp3) is 0.304. The molecular formula is C23H22F3NO4. The van der Waals surface area contributed by atoms with E-state index in [1.165, 1.54) is 12.1 Å². The summed E-state index contributed by atoms with van der Waals surface area (Å²) in [4.78, 5) is 28.7. The van der Waals surface area contributed by atoms with E-state index in [-0.39, 0.29) is 13.2 Å². The number of carbonyl (C=O) groups is 2. The third-order valence-corrected chi connectivity index (χ3v) is 4.97. The van der Waals surface area contributed by atoms with E-state index in [0.29, 0.717) is 11.1 Å². The number of carbonyl (C=O) groups excluding carboxylic acids is 2. The van der Waals surface area contributed by atoms with Gasteiger partial charge in [-0.15, -0.1) is 0 Å². The van der Waals surface area contributed by atoms with Gasteiger partial charge in [-0.25, -0.2) is 0 Å². The van der Waals surface area contributed by atoms with E-state index in [9.17, 15) is 22.8 Å². The number of rotatable bonds is 7. The van der Waals surface area contributed by atoms with Crippen LogP contribution in [0.1, 0.15) is 36.5 Å². The lowest BCUT2D eigenvalue weighted by Crippen LogP contribution is -2.34. The molecule has 0 amide bonds. The molecule has 3 rings (SSSR count). The number of aromatic nitrogens is 1. The number of ether oxygens (including phenoxy) is 2. The van der Waals surface area contributed by atoms with Crippen molar-refractivity contribution in [1.29, 1.82) is 0 Å². The third-order valence-electron chi connectivity index (χ3n) is 4.97. The lowest BCUT2D eigenvalue weighted by molar-refractivity contribution is -0.162. The zero-order valence-corrected chi connectivity index (χ0v) is 17.0. The lowest BCUT2D eigenvalue weighted by atomic mass is 9.80. The first kappa shape index (κ1) is 22.4. The summed E-state index contributed by atoms with van der Waals surface area (Å²) in [7, 11) is 0. The third kappa shape index (κ3) is 4.73. The predicted molar refractivity (Wildman–Crippen MR) is 108 cm³/mol. The Labute approximate surface area is 177 Å². The van der Waals surface area contributed by atoms with E-state index >= 15 is 0 Å². The minimum Gasteiger partial charge on any atom is -0.465 e. The summed E-state index contributed by atoms with van der Waals surface area (Å²) >= 11 is 0. The van der Waals surface area contributed by atoms with Crippen LogP contribution in [0, 0.1) is 5.92 Å². The number of hydrogen-bond acceptors (Lipinski definition) is 4. The molecule has 0 fully saturated rings. The first-order valence-electron chi connectivity index (χ1n) is 9.84. The maximum absolute atomic E-state index is 13.1. The van der Waals surface area contributed by atoms with Gasteiger partial charge in [-0.1, -0.05) is 30.3 Å². The summed E-state index contributed by atoms with van der Waals surface area (Å²) in [5.41, 5.74) is 0.893. The Morgan fingerprint density at radius 3 is 2.06 bits per heavy atom. The topological polar surface area (TPSA) is 68.4 Å². The molecule has 8 heteroatoms. The molecule has 0 spiro atoms. The Hall–Kier alpha value is -3.29. The van der Waals surface area contributed by atoms with Crippen LogP contribution in [-0.4, -0.2) is 30.1 Å². The van der Waals surface area contributed by atoms with Gasteiger partial charge in [0.25, 0.3) is 0 Å². The van der Waals surface area contributed by atoms with Crippen molar-refractivity contribution in [3.05, 3.63) is 71.4 Å². The summed E-state index contributed by atoms with van der Waals surface area (Å²) in [6.45, 7) is 3.31. The second kappa shape index (κ2) is 9.24. The number of H-pyrrole nitrogens is 1. The molecule has 164 valence electrons. The molecular weight excluding hydrogens is 411 g/mol. The van der Waals surface area contributed by atoms with Gasteiger partial charge in [-0.2, -0.15) is 13.2 Å². The van der Waals surface area contributed by atoms with Gasteiger partial charge in [-0.05, 0) is 43.2 Å². The van der Waals surface area contributed by atoms with Crippen LogP contribution in [0.5, 0.6) is 0 Å². The summed E-state index contributed by atoms with van der Waals surface area (Å²) in [5, 5.41) is 0.742. The van der Waals surface area contributed by atoms with Gasteiger partial charge in [0.2, 0.25) is 0 Å². The SMILES string of the molecule is CCOC(=O)C(C(=O)OCC)[C@@H](c1ccc(C(F)(F)F)cc1)c1c[nH]c2ccccc12. The van der Waals surface area contributed by atoms with Gasteiger partial charge < -0.3 is 14.5 Å². The first-order valence-corrected chi connectivity index (χ1v) is 9.84. The summed E-state index contributed by atoms with van der Waals surface area (Å²) in [6.07, 6.45) is -2.85. The summed E-state index contributed by atoms with van der Waals surface area (Å²) in [5.74, 6) is -3.88. The predicted octanol–water partition coefficient (Wildman–Crippen LogP) is 5.06. The molecule has 0 bridgehead atoms. The van der Waals surface area contributed by atoms with Crippen molar-refractivity contribution in [1.82, 2.24) is 4.98 Å². The molecule has 0 unspecified atom stereocenters. The number of benzene rings is 2. The quantitative estimate of drug-likeness (QED) is 0.418. The van der Waals surface area contributed by atoms with Crippen molar-refractivity contribution < 1.29 is 32.2 Å². The molecule has 0 saturated carbocycles. The fourth-order valence-corrected chi connectivity index (χ4v) is 3.61. The molecule has 1 heterocycles. The van der Waals surface area contributed by atoms with Crippen molar-refractivity contribution in [2.75, 3.05) is 13.2 Å². The van der Waals surface area contributed by atoms with Crippen LogP contribution >= 0.6 is 0 Å². The summed E-state index contributed by atoms with van der Waals surface area (Å²) < 4.78 is 49.5. The van der Waals surface area contributed by atoms with Gasteiger partial charge in [0, 0.05) is 23.0 Å². The number of nitrogens with one attached hydrogen (secondary N) is 1. The number of fused-ring (bicyclic) bond motifs is 1. The Bertz CT molecular complexity index is 1040. The normalized spacial score (nSPS) is 12.7. The number of halogens is 3. The number of alkyl halides is 3. The van der Waals surface area contributed by atoms with Crippen LogP contribution < -0.4 is 0 Å². The largest absolute Gasteiger partial charge is 0.465 e. The van der Waals surface area contributed by atoms with E-state index in [0.717, 1.165) is 23.0 Å². The van der Waals surface area contributed by atoms with Gasteiger partial charge in [0.1, 0.15) is 0 Å². The molecule has 5 nitrogen and oxygen atoms in total. The highest BCUT2D eigenvalue weighted by Crippen LogP contribution is 2.39. The fourth-order valence-electron chi connectivity index (χ4n) is 3.61. The number of para-hydroxylation sites is 1. The Balaban J connectivity index is 2.19. The standard InChI is InChI=1S/C23H22F3NO4/c1-3-30-21(28)20(22(29)31-4-2)19(14-9-11-15(12-10-14)23(24,25)26)17-13-27-18-8-6-5-7-16(17)18/h5-13,19-20,27H,3-4H2,1-2H3/t19-/m0/s1. The van der Waals surface area contributed by atoms with E-state index < -0.39 is 35.5 Å². The van der Waals surface area contributed by atoms with Crippen LogP contribution in [0.3, 0.4) is 0 Å². The first-order chi connectivity index (χ1) is 14.8. The lowest BCUT2D eigenvalue weighted by Gasteiger charge is -2.25. The van der Waals surface area contributed by atoms with Crippen LogP contribution in [0.15, 0.2) is 54.7 Å². The van der Waals surface area contributed by atoms with Crippen LogP contribution in [0.25, 0.3) is 10.9 Å². The molecule has 1 N–H and O–H groups in total. The minimum atomic E-state index is -4.50. The van der Waals surface area contributed by atoms with Crippen molar-refractivity contribution >= 4 is 22.8 Å². The number of aromatic amines is 1. The number of esters is 2. The van der Waals surface area contributed by atoms with Gasteiger partial charge >= 0.3 is 18.1 Å². The Morgan fingerprint density at radius 2 is 1.52 bits per heavy atom. The van der Waals surface area contributed by atoms with E-state index in [1.807, 2.05) is 18.2 Å². The van der Waals surface area contributed by atoms with Crippen LogP contribution in [0.2, 0.25) is 0 Å². The highest BCUT2D eigenvalue weighted by molar-refractivity contribution is 5.98. The smallest absolute Gasteiger partial charge is 0.416 e. The van der Waals surface area contributed by atoms with Crippen molar-refractivity contribution in [2.45, 2.75) is 25.9 Å². The molecule has 0 radical (unpaired) electrons. The van der Waals surface area contributed by atoms with Crippen molar-refractivity contribution in [2.24, 2.45) is 5.92 Å². The van der Waals surface area contributed by atoms with Gasteiger partial charge in [-0.3, -0.25) is 9.59 Å². The second-order valence-electron chi connectivity index (χ2n) is 6.87. The molecule has 1 atom stereocenters. The molecule has 2 aromatic carbocycles. The van der Waals surface area contributed by atoms with E-state index in [2.05, 4.69) is 4.98 Å². The number of hydrogen-bond donors (Lipinski definition) is 1. The molecule has 0 aliphatic heterocycles. The van der Waals surface area contributed by atoms with E-state index in [4.69, 9.17) is 9.47 Å². The van der Waals surface area contributed by atoms with Gasteiger partial charge in [0.05, 0.1) is 18.8 Å². The highest BCUT2D eigenvalue weighted by atomic mass is 19.4. The zero-order valence-electron chi connectivity index (χ0n) is 17.0. The average molecular weight is 433 g/mol. The van der Waals surface area contributed by atoms with Crippen LogP contribution in [0.4, 0.5) is 13.2 Å². The minimum absolute atomic E-state index is 0.0440. The zero-order chi connectivity index (χ0) is 22.6. The molecule has 0 aliphatic carbocycles. The molecule has 0 saturated heterocycles. The van der Waals surface area contributed by atoms with Gasteiger partial charge in [0.15, 0.2) is 5.92 Å². The van der Waals surface area contributed by atoms with Crippen molar-refractivity contribution in [3.8, 4) is 0 Å². The summed E-state index contributed by atoms with van der Waals surface area (Å²) in [6, 6.07) is 11.7. The molecule has 31 heavy (non-hydrogen) atoms.